The summed E-state index contributed by atoms with van der Waals surface area (Å²) in [5, 5.41) is 15.3. The molecule has 1 rings (SSSR count). The molecule has 186 valence electrons. The predicted octanol–water partition coefficient (Wildman–Crippen LogP) is 1.28. The molecule has 1 fully saturated rings. The van der Waals surface area contributed by atoms with Gasteiger partial charge in [-0.3, -0.25) is 14.4 Å². The molecule has 0 spiro atoms. The fourth-order valence-corrected chi connectivity index (χ4v) is 4.18. The van der Waals surface area contributed by atoms with E-state index in [9.17, 15) is 19.5 Å². The second-order valence-electron chi connectivity index (χ2n) is 9.17. The molecule has 32 heavy (non-hydrogen) atoms. The van der Waals surface area contributed by atoms with Gasteiger partial charge in [-0.15, -0.1) is 11.8 Å². The number of aliphatic hydroxyl groups is 1. The first kappa shape index (κ1) is 28.7. The molecule has 3 amide bonds. The first-order chi connectivity index (χ1) is 14.9. The van der Waals surface area contributed by atoms with Crippen molar-refractivity contribution in [3.63, 3.8) is 0 Å². The third-order valence-corrected chi connectivity index (χ3v) is 6.74. The van der Waals surface area contributed by atoms with Crippen LogP contribution in [0.5, 0.6) is 0 Å². The summed E-state index contributed by atoms with van der Waals surface area (Å²) in [5.41, 5.74) is -0.617. The molecule has 2 atom stereocenters. The molecule has 1 heterocycles. The quantitative estimate of drug-likeness (QED) is 0.327. The van der Waals surface area contributed by atoms with Crippen molar-refractivity contribution in [3.05, 3.63) is 0 Å². The van der Waals surface area contributed by atoms with Gasteiger partial charge in [0.05, 0.1) is 28.8 Å². The molecule has 9 nitrogen and oxygen atoms in total. The highest BCUT2D eigenvalue weighted by Gasteiger charge is 2.38. The molecule has 1 aliphatic rings. The predicted molar refractivity (Wildman–Crippen MR) is 125 cm³/mol. The van der Waals surface area contributed by atoms with Gasteiger partial charge in [-0.05, 0) is 47.5 Å². The van der Waals surface area contributed by atoms with Crippen molar-refractivity contribution < 1.29 is 29.0 Å². The molecular formula is C22H41N3O6S. The fraction of sp³-hybridized carbons (Fsp3) is 0.864. The minimum Gasteiger partial charge on any atom is -0.379 e. The molecule has 1 aliphatic heterocycles. The molecule has 0 aromatic heterocycles. The van der Waals surface area contributed by atoms with Crippen LogP contribution in [0, 0.1) is 0 Å². The number of rotatable bonds is 15. The lowest BCUT2D eigenvalue weighted by Gasteiger charge is -2.29. The lowest BCUT2D eigenvalue weighted by molar-refractivity contribution is -0.133. The van der Waals surface area contributed by atoms with E-state index in [1.807, 2.05) is 34.6 Å². The zero-order valence-electron chi connectivity index (χ0n) is 20.4. The van der Waals surface area contributed by atoms with Gasteiger partial charge < -0.3 is 30.1 Å². The molecule has 0 saturated carbocycles. The van der Waals surface area contributed by atoms with Crippen molar-refractivity contribution in [1.82, 2.24) is 15.5 Å². The number of nitrogens with zero attached hydrogens (tertiary/aromatic N) is 1. The first-order valence-electron chi connectivity index (χ1n) is 11.2. The maximum absolute atomic E-state index is 12.5. The second kappa shape index (κ2) is 13.4. The average molecular weight is 476 g/mol. The molecule has 0 aliphatic carbocycles. The van der Waals surface area contributed by atoms with Crippen LogP contribution in [-0.2, 0) is 23.9 Å². The summed E-state index contributed by atoms with van der Waals surface area (Å²) in [6.45, 7) is 11.5. The highest BCUT2D eigenvalue weighted by Crippen LogP contribution is 2.27. The summed E-state index contributed by atoms with van der Waals surface area (Å²) in [6, 6.07) is 0. The Balaban J connectivity index is 2.30. The van der Waals surface area contributed by atoms with Crippen LogP contribution in [0.1, 0.15) is 60.3 Å². The van der Waals surface area contributed by atoms with Crippen LogP contribution in [0.3, 0.4) is 0 Å². The lowest BCUT2D eigenvalue weighted by atomic mass is 10.0. The van der Waals surface area contributed by atoms with E-state index in [1.165, 1.54) is 16.7 Å². The zero-order valence-corrected chi connectivity index (χ0v) is 21.2. The Morgan fingerprint density at radius 1 is 1.16 bits per heavy atom. The molecule has 0 radical (unpaired) electrons. The summed E-state index contributed by atoms with van der Waals surface area (Å²) < 4.78 is 11.3. The normalized spacial score (nSPS) is 19.3. The first-order valence-corrected chi connectivity index (χ1v) is 12.3. The standard InChI is InChI=1S/C22H41N3O6S/c1-7-23-18(27)15-32-16-14-19(28)25(20(16)29)12-8-17(26)24-11-9-22(4,5)31-13-10-21(2,3)30-6/h16,19,28H,7-15H2,1-6H3,(H,23,27)(H,24,26). The van der Waals surface area contributed by atoms with Crippen molar-refractivity contribution in [3.8, 4) is 0 Å². The summed E-state index contributed by atoms with van der Waals surface area (Å²) in [6.07, 6.45) is 0.866. The Hall–Kier alpha value is -1.36. The van der Waals surface area contributed by atoms with E-state index in [2.05, 4.69) is 10.6 Å². The molecule has 2 unspecified atom stereocenters. The van der Waals surface area contributed by atoms with Crippen LogP contribution in [0.2, 0.25) is 0 Å². The third-order valence-electron chi connectivity index (χ3n) is 5.51. The van der Waals surface area contributed by atoms with Crippen LogP contribution in [0.15, 0.2) is 0 Å². The maximum atomic E-state index is 12.5. The van der Waals surface area contributed by atoms with Gasteiger partial charge in [-0.1, -0.05) is 0 Å². The second-order valence-corrected chi connectivity index (χ2v) is 10.4. The third kappa shape index (κ3) is 10.5. The van der Waals surface area contributed by atoms with E-state index in [0.29, 0.717) is 26.1 Å². The van der Waals surface area contributed by atoms with Crippen LogP contribution >= 0.6 is 11.8 Å². The minimum atomic E-state index is -0.925. The Morgan fingerprint density at radius 3 is 2.47 bits per heavy atom. The van der Waals surface area contributed by atoms with Crippen LogP contribution < -0.4 is 10.6 Å². The summed E-state index contributed by atoms with van der Waals surface area (Å²) >= 11 is 1.22. The van der Waals surface area contributed by atoms with E-state index < -0.39 is 11.5 Å². The highest BCUT2D eigenvalue weighted by atomic mass is 32.2. The van der Waals surface area contributed by atoms with E-state index in [-0.39, 0.29) is 54.1 Å². The largest absolute Gasteiger partial charge is 0.379 e. The fourth-order valence-electron chi connectivity index (χ4n) is 3.14. The van der Waals surface area contributed by atoms with Crippen molar-refractivity contribution in [2.75, 3.05) is 39.1 Å². The smallest absolute Gasteiger partial charge is 0.237 e. The minimum absolute atomic E-state index is 0.111. The number of hydrogen-bond donors (Lipinski definition) is 3. The highest BCUT2D eigenvalue weighted by molar-refractivity contribution is 8.01. The summed E-state index contributed by atoms with van der Waals surface area (Å²) in [7, 11) is 1.68. The molecule has 1 saturated heterocycles. The number of carbonyl (C=O) groups excluding carboxylic acids is 3. The van der Waals surface area contributed by atoms with Crippen LogP contribution in [-0.4, -0.2) is 89.5 Å². The number of ether oxygens (including phenoxy) is 2. The van der Waals surface area contributed by atoms with Gasteiger partial charge in [-0.2, -0.15) is 0 Å². The molecule has 10 heteroatoms. The molecule has 0 bridgehead atoms. The maximum Gasteiger partial charge on any atom is 0.237 e. The molecular weight excluding hydrogens is 434 g/mol. The number of amides is 3. The van der Waals surface area contributed by atoms with E-state index in [1.54, 1.807) is 7.11 Å². The number of methoxy groups -OCH3 is 1. The van der Waals surface area contributed by atoms with Crippen molar-refractivity contribution in [2.45, 2.75) is 83.0 Å². The molecule has 0 aromatic carbocycles. The summed E-state index contributed by atoms with van der Waals surface area (Å²) in [4.78, 5) is 37.6. The van der Waals surface area contributed by atoms with Crippen LogP contribution in [0.25, 0.3) is 0 Å². The van der Waals surface area contributed by atoms with E-state index in [4.69, 9.17) is 9.47 Å². The van der Waals surface area contributed by atoms with Crippen molar-refractivity contribution in [1.29, 1.82) is 0 Å². The van der Waals surface area contributed by atoms with E-state index in [0.717, 1.165) is 6.42 Å². The van der Waals surface area contributed by atoms with Crippen molar-refractivity contribution >= 4 is 29.5 Å². The monoisotopic (exact) mass is 475 g/mol. The molecule has 3 N–H and O–H groups in total. The molecule has 0 aromatic rings. The summed E-state index contributed by atoms with van der Waals surface area (Å²) in [5.74, 6) is -0.369. The number of likely N-dealkylation sites (tertiary alicyclic amines) is 1. The average Bonchev–Trinajstić information content (AvgIpc) is 2.97. The van der Waals surface area contributed by atoms with Gasteiger partial charge in [0.25, 0.3) is 0 Å². The Labute approximate surface area is 196 Å². The van der Waals surface area contributed by atoms with E-state index >= 15 is 0 Å². The number of aliphatic hydroxyl groups excluding tert-OH is 1. The van der Waals surface area contributed by atoms with Crippen molar-refractivity contribution in [2.24, 2.45) is 0 Å². The van der Waals surface area contributed by atoms with Gasteiger partial charge in [0.1, 0.15) is 6.23 Å². The Bertz CT molecular complexity index is 629. The topological polar surface area (TPSA) is 117 Å². The van der Waals surface area contributed by atoms with Gasteiger partial charge in [0, 0.05) is 39.6 Å². The lowest BCUT2D eigenvalue weighted by Crippen LogP contribution is -2.39. The van der Waals surface area contributed by atoms with Crippen LogP contribution in [0.4, 0.5) is 0 Å². The number of thioether (sulfide) groups is 1. The SMILES string of the molecule is CCNC(=O)CSC1CC(O)N(CCC(=O)NCCC(C)(C)OCCC(C)(C)OC)C1=O. The number of hydrogen-bond acceptors (Lipinski definition) is 7. The number of carbonyl (C=O) groups is 3. The van der Waals surface area contributed by atoms with Gasteiger partial charge in [0.2, 0.25) is 17.7 Å². The number of nitrogens with one attached hydrogen (secondary N) is 2. The van der Waals surface area contributed by atoms with Gasteiger partial charge >= 0.3 is 0 Å². The Kier molecular flexibility index (Phi) is 12.0. The van der Waals surface area contributed by atoms with Gasteiger partial charge in [-0.25, -0.2) is 0 Å². The van der Waals surface area contributed by atoms with Gasteiger partial charge in [0.15, 0.2) is 0 Å². The zero-order chi connectivity index (χ0) is 24.4. The Morgan fingerprint density at radius 2 is 1.84 bits per heavy atom.